The molecule has 0 saturated heterocycles. The van der Waals surface area contributed by atoms with E-state index < -0.39 is 5.91 Å². The zero-order chi connectivity index (χ0) is 16.4. The molecule has 0 aliphatic heterocycles. The molecule has 0 aliphatic rings. The van der Waals surface area contributed by atoms with E-state index in [2.05, 4.69) is 25.5 Å². The minimum absolute atomic E-state index is 0.143. The van der Waals surface area contributed by atoms with Gasteiger partial charge in [-0.3, -0.25) is 9.78 Å². The van der Waals surface area contributed by atoms with E-state index >= 15 is 0 Å². The van der Waals surface area contributed by atoms with Gasteiger partial charge < -0.3 is 20.6 Å². The van der Waals surface area contributed by atoms with E-state index in [0.717, 1.165) is 13.1 Å². The minimum Gasteiger partial charge on any atom is -0.410 e. The summed E-state index contributed by atoms with van der Waals surface area (Å²) in [6, 6.07) is 3.21. The lowest BCUT2D eigenvalue weighted by atomic mass is 10.1. The fourth-order valence-corrected chi connectivity index (χ4v) is 1.90. The molecule has 0 unspecified atom stereocenters. The van der Waals surface area contributed by atoms with Gasteiger partial charge in [0, 0.05) is 31.0 Å². The topological polar surface area (TPSA) is 110 Å². The molecule has 0 aromatic carbocycles. The first kappa shape index (κ1) is 17.6. The Balaban J connectivity index is 2.73. The van der Waals surface area contributed by atoms with Gasteiger partial charge in [0.05, 0.1) is 0 Å². The van der Waals surface area contributed by atoms with Gasteiger partial charge in [0.25, 0.3) is 5.91 Å². The molecule has 0 atom stereocenters. The quantitative estimate of drug-likeness (QED) is 0.369. The van der Waals surface area contributed by atoms with Crippen molar-refractivity contribution in [1.82, 2.24) is 15.2 Å². The van der Waals surface area contributed by atoms with Gasteiger partial charge in [0.1, 0.15) is 5.71 Å². The summed E-state index contributed by atoms with van der Waals surface area (Å²) >= 11 is 0. The summed E-state index contributed by atoms with van der Waals surface area (Å²) < 4.78 is 0. The number of amides is 1. The highest BCUT2D eigenvalue weighted by molar-refractivity contribution is 6.69. The van der Waals surface area contributed by atoms with Crippen LogP contribution in [0.1, 0.15) is 19.4 Å². The van der Waals surface area contributed by atoms with E-state index in [9.17, 15) is 4.79 Å². The van der Waals surface area contributed by atoms with Gasteiger partial charge in [0.2, 0.25) is 0 Å². The number of nitrogens with zero attached hydrogens (tertiary/aromatic N) is 4. The number of hydrogen-bond donors (Lipinski definition) is 3. The maximum Gasteiger partial charge on any atom is 0.275 e. The number of aromatic nitrogens is 1. The number of nitrogens with one attached hydrogen (secondary N) is 1. The molecule has 0 bridgehead atoms. The van der Waals surface area contributed by atoms with Gasteiger partial charge in [-0.25, -0.2) is 0 Å². The lowest BCUT2D eigenvalue weighted by Gasteiger charge is -2.18. The monoisotopic (exact) mass is 307 g/mol. The molecule has 8 nitrogen and oxygen atoms in total. The Kier molecular flexibility index (Phi) is 7.55. The van der Waals surface area contributed by atoms with Gasteiger partial charge in [-0.15, -0.1) is 0 Å². The highest BCUT2D eigenvalue weighted by Gasteiger charge is 2.21. The third-order valence-electron chi connectivity index (χ3n) is 3.18. The van der Waals surface area contributed by atoms with Crippen LogP contribution in [0.5, 0.6) is 0 Å². The highest BCUT2D eigenvalue weighted by atomic mass is 16.4. The molecule has 0 spiro atoms. The summed E-state index contributed by atoms with van der Waals surface area (Å²) in [6.07, 6.45) is 2.95. The molecular formula is C14H21N5O3. The molecule has 0 aliphatic carbocycles. The molecule has 0 radical (unpaired) electrons. The molecule has 3 N–H and O–H groups in total. The Morgan fingerprint density at radius 2 is 2.05 bits per heavy atom. The smallest absolute Gasteiger partial charge is 0.275 e. The number of carbonyl (C=O) groups is 1. The number of oxime groups is 2. The summed E-state index contributed by atoms with van der Waals surface area (Å²) in [7, 11) is 0. The molecule has 0 fully saturated rings. The maximum atomic E-state index is 12.1. The SMILES string of the molecule is CCN(CC)CCNC(=O)C(=NO)C(=NO)c1cccnc1. The van der Waals surface area contributed by atoms with E-state index in [0.29, 0.717) is 18.7 Å². The summed E-state index contributed by atoms with van der Waals surface area (Å²) in [6.45, 7) is 6.90. The third-order valence-corrected chi connectivity index (χ3v) is 3.18. The summed E-state index contributed by atoms with van der Waals surface area (Å²) in [4.78, 5) is 18.1. The standard InChI is InChI=1S/C14H21N5O3/c1-3-19(4-2)9-8-16-14(20)13(18-22)12(17-21)11-6-5-7-15-10-11/h5-7,10,21-22H,3-4,8-9H2,1-2H3,(H,16,20). The van der Waals surface area contributed by atoms with Crippen molar-refractivity contribution in [2.24, 2.45) is 10.3 Å². The van der Waals surface area contributed by atoms with Crippen LogP contribution in [0.3, 0.4) is 0 Å². The number of carbonyl (C=O) groups excluding carboxylic acids is 1. The lowest BCUT2D eigenvalue weighted by Crippen LogP contribution is -2.40. The lowest BCUT2D eigenvalue weighted by molar-refractivity contribution is -0.114. The summed E-state index contributed by atoms with van der Waals surface area (Å²) in [5.74, 6) is -0.619. The van der Waals surface area contributed by atoms with Crippen LogP contribution >= 0.6 is 0 Å². The van der Waals surface area contributed by atoms with Crippen LogP contribution in [0.25, 0.3) is 0 Å². The predicted molar refractivity (Wildman–Crippen MR) is 82.6 cm³/mol. The van der Waals surface area contributed by atoms with Crippen molar-refractivity contribution in [2.45, 2.75) is 13.8 Å². The van der Waals surface area contributed by atoms with Crippen LogP contribution in [0.4, 0.5) is 0 Å². The second-order valence-corrected chi connectivity index (χ2v) is 4.42. The van der Waals surface area contributed by atoms with Crippen molar-refractivity contribution in [1.29, 1.82) is 0 Å². The van der Waals surface area contributed by atoms with Crippen LogP contribution in [0, 0.1) is 0 Å². The van der Waals surface area contributed by atoms with Crippen LogP contribution in [-0.4, -0.2) is 63.8 Å². The summed E-state index contributed by atoms with van der Waals surface area (Å²) in [5.41, 5.74) is -0.136. The van der Waals surface area contributed by atoms with Crippen LogP contribution in [0.2, 0.25) is 0 Å². The fraction of sp³-hybridized carbons (Fsp3) is 0.429. The van der Waals surface area contributed by atoms with Crippen molar-refractivity contribution in [3.05, 3.63) is 30.1 Å². The van der Waals surface area contributed by atoms with Gasteiger partial charge >= 0.3 is 0 Å². The van der Waals surface area contributed by atoms with E-state index in [1.54, 1.807) is 18.3 Å². The second kappa shape index (κ2) is 9.46. The Bertz CT molecular complexity index is 527. The Morgan fingerprint density at radius 3 is 2.55 bits per heavy atom. The van der Waals surface area contributed by atoms with Gasteiger partial charge in [0.15, 0.2) is 5.71 Å². The first-order valence-corrected chi connectivity index (χ1v) is 7.03. The predicted octanol–water partition coefficient (Wildman–Crippen LogP) is 0.548. The normalized spacial score (nSPS) is 12.5. The minimum atomic E-state index is -0.619. The fourth-order valence-electron chi connectivity index (χ4n) is 1.90. The van der Waals surface area contributed by atoms with Gasteiger partial charge in [-0.2, -0.15) is 0 Å². The van der Waals surface area contributed by atoms with E-state index in [1.165, 1.54) is 6.20 Å². The summed E-state index contributed by atoms with van der Waals surface area (Å²) in [5, 5.41) is 26.8. The Labute approximate surface area is 129 Å². The second-order valence-electron chi connectivity index (χ2n) is 4.42. The Morgan fingerprint density at radius 1 is 1.32 bits per heavy atom. The zero-order valence-electron chi connectivity index (χ0n) is 12.7. The molecule has 1 amide bonds. The van der Waals surface area contributed by atoms with Crippen molar-refractivity contribution in [2.75, 3.05) is 26.2 Å². The molecule has 1 aromatic rings. The van der Waals surface area contributed by atoms with Gasteiger partial charge in [-0.1, -0.05) is 24.2 Å². The third kappa shape index (κ3) is 4.81. The van der Waals surface area contributed by atoms with Crippen molar-refractivity contribution in [3.63, 3.8) is 0 Å². The average molecular weight is 307 g/mol. The van der Waals surface area contributed by atoms with Crippen LogP contribution < -0.4 is 5.32 Å². The first-order chi connectivity index (χ1) is 10.7. The molecule has 1 rings (SSSR count). The molecule has 22 heavy (non-hydrogen) atoms. The number of likely N-dealkylation sites (N-methyl/N-ethyl adjacent to an activating group) is 1. The molecule has 1 aromatic heterocycles. The Hall–Kier alpha value is -2.48. The van der Waals surface area contributed by atoms with E-state index in [1.807, 2.05) is 13.8 Å². The molecule has 120 valence electrons. The molecule has 0 saturated carbocycles. The average Bonchev–Trinajstić information content (AvgIpc) is 2.57. The number of pyridine rings is 1. The zero-order valence-corrected chi connectivity index (χ0v) is 12.7. The van der Waals surface area contributed by atoms with E-state index in [4.69, 9.17) is 10.4 Å². The number of hydrogen-bond acceptors (Lipinski definition) is 7. The number of rotatable bonds is 8. The molecular weight excluding hydrogens is 286 g/mol. The van der Waals surface area contributed by atoms with Crippen LogP contribution in [0.15, 0.2) is 34.8 Å². The molecule has 1 heterocycles. The van der Waals surface area contributed by atoms with Crippen molar-refractivity contribution >= 4 is 17.3 Å². The first-order valence-electron chi connectivity index (χ1n) is 7.03. The van der Waals surface area contributed by atoms with E-state index in [-0.39, 0.29) is 11.4 Å². The largest absolute Gasteiger partial charge is 0.410 e. The van der Waals surface area contributed by atoms with Crippen molar-refractivity contribution in [3.8, 4) is 0 Å². The van der Waals surface area contributed by atoms with Crippen molar-refractivity contribution < 1.29 is 15.2 Å². The maximum absolute atomic E-state index is 12.1. The van der Waals surface area contributed by atoms with Gasteiger partial charge in [-0.05, 0) is 25.2 Å². The molecule has 8 heteroatoms. The highest BCUT2D eigenvalue weighted by Crippen LogP contribution is 2.01. The van der Waals surface area contributed by atoms with Crippen LogP contribution in [-0.2, 0) is 4.79 Å².